The van der Waals surface area contributed by atoms with Crippen LogP contribution in [-0.4, -0.2) is 4.98 Å². The molecular weight excluding hydrogens is 313 g/mol. The molecule has 1 heterocycles. The molecule has 1 nitrogen and oxygen atoms in total. The lowest BCUT2D eigenvalue weighted by Crippen LogP contribution is -2.21. The summed E-state index contributed by atoms with van der Waals surface area (Å²) in [4.78, 5) is 4.84. The van der Waals surface area contributed by atoms with Gasteiger partial charge in [0.1, 0.15) is 0 Å². The molecule has 0 aliphatic heterocycles. The Morgan fingerprint density at radius 1 is 0.727 bits per heavy atom. The summed E-state index contributed by atoms with van der Waals surface area (Å²) in [5.74, 6) is 0. The van der Waals surface area contributed by atoms with E-state index in [4.69, 9.17) is 28.2 Å². The van der Waals surface area contributed by atoms with Crippen LogP contribution in [0.15, 0.2) is 30.3 Å². The molecule has 0 bridgehead atoms. The molecule has 0 N–H and O–H groups in total. The highest BCUT2D eigenvalue weighted by molar-refractivity contribution is 6.40. The van der Waals surface area contributed by atoms with E-state index < -0.39 is 0 Å². The van der Waals surface area contributed by atoms with E-state index in [1.165, 1.54) is 0 Å². The van der Waals surface area contributed by atoms with Crippen LogP contribution in [0.3, 0.4) is 0 Å². The standard InChI is InChI=1S/C19H23Cl2N/c1-18(2,3)16-14(20)13(12-10-8-7-9-11-12)15(21)17(22-16)19(4,5)6/h7-11H,1-6H3. The van der Waals surface area contributed by atoms with E-state index in [1.807, 2.05) is 30.3 Å². The summed E-state index contributed by atoms with van der Waals surface area (Å²) in [7, 11) is 0. The number of aromatic nitrogens is 1. The fourth-order valence-corrected chi connectivity index (χ4v) is 3.50. The Labute approximate surface area is 143 Å². The molecule has 0 fully saturated rings. The molecular formula is C19H23Cl2N. The van der Waals surface area contributed by atoms with Gasteiger partial charge in [0.15, 0.2) is 0 Å². The van der Waals surface area contributed by atoms with Crippen LogP contribution in [-0.2, 0) is 10.8 Å². The van der Waals surface area contributed by atoms with Gasteiger partial charge in [-0.25, -0.2) is 0 Å². The number of rotatable bonds is 1. The molecule has 22 heavy (non-hydrogen) atoms. The summed E-state index contributed by atoms with van der Waals surface area (Å²) in [6.07, 6.45) is 0. The maximum atomic E-state index is 6.71. The summed E-state index contributed by atoms with van der Waals surface area (Å²) >= 11 is 13.4. The number of hydrogen-bond donors (Lipinski definition) is 0. The van der Waals surface area contributed by atoms with Crippen molar-refractivity contribution in [1.29, 1.82) is 0 Å². The van der Waals surface area contributed by atoms with Crippen molar-refractivity contribution >= 4 is 23.2 Å². The topological polar surface area (TPSA) is 12.9 Å². The summed E-state index contributed by atoms with van der Waals surface area (Å²) in [6.45, 7) is 12.7. The first kappa shape index (κ1) is 17.3. The van der Waals surface area contributed by atoms with Crippen molar-refractivity contribution in [2.75, 3.05) is 0 Å². The van der Waals surface area contributed by atoms with Crippen molar-refractivity contribution in [2.24, 2.45) is 0 Å². The lowest BCUT2D eigenvalue weighted by atomic mass is 9.85. The van der Waals surface area contributed by atoms with E-state index in [9.17, 15) is 0 Å². The number of hydrogen-bond acceptors (Lipinski definition) is 1. The van der Waals surface area contributed by atoms with Crippen molar-refractivity contribution in [3.8, 4) is 11.1 Å². The Hall–Kier alpha value is -1.05. The van der Waals surface area contributed by atoms with E-state index in [-0.39, 0.29) is 10.8 Å². The third-order valence-corrected chi connectivity index (χ3v) is 4.30. The van der Waals surface area contributed by atoms with Gasteiger partial charge in [-0.2, -0.15) is 0 Å². The predicted molar refractivity (Wildman–Crippen MR) is 97.1 cm³/mol. The highest BCUT2D eigenvalue weighted by Gasteiger charge is 2.30. The Morgan fingerprint density at radius 3 is 1.50 bits per heavy atom. The molecule has 0 aliphatic rings. The SMILES string of the molecule is CC(C)(C)c1nc(C(C)(C)C)c(Cl)c(-c2ccccc2)c1Cl. The van der Waals surface area contributed by atoms with E-state index >= 15 is 0 Å². The summed E-state index contributed by atoms with van der Waals surface area (Å²) < 4.78 is 0. The third-order valence-electron chi connectivity index (χ3n) is 3.56. The van der Waals surface area contributed by atoms with E-state index in [2.05, 4.69) is 41.5 Å². The molecule has 0 radical (unpaired) electrons. The second-order valence-electron chi connectivity index (χ2n) is 7.68. The molecule has 0 atom stereocenters. The molecule has 0 saturated carbocycles. The minimum absolute atomic E-state index is 0.148. The molecule has 0 saturated heterocycles. The molecule has 1 aromatic heterocycles. The van der Waals surface area contributed by atoms with Crippen LogP contribution in [0.25, 0.3) is 11.1 Å². The van der Waals surface area contributed by atoms with Gasteiger partial charge in [-0.3, -0.25) is 4.98 Å². The minimum Gasteiger partial charge on any atom is -0.254 e. The van der Waals surface area contributed by atoms with Gasteiger partial charge < -0.3 is 0 Å². The first-order valence-corrected chi connectivity index (χ1v) is 8.24. The molecule has 2 aromatic rings. The largest absolute Gasteiger partial charge is 0.254 e. The van der Waals surface area contributed by atoms with Gasteiger partial charge >= 0.3 is 0 Å². The second kappa shape index (κ2) is 5.86. The number of pyridine rings is 1. The van der Waals surface area contributed by atoms with Crippen molar-refractivity contribution in [1.82, 2.24) is 4.98 Å². The minimum atomic E-state index is -0.148. The normalized spacial score (nSPS) is 12.5. The predicted octanol–water partition coefficient (Wildman–Crippen LogP) is 6.65. The first-order chi connectivity index (χ1) is 10.0. The lowest BCUT2D eigenvalue weighted by molar-refractivity contribution is 0.532. The fourth-order valence-electron chi connectivity index (χ4n) is 2.40. The molecule has 0 spiro atoms. The number of benzene rings is 1. The van der Waals surface area contributed by atoms with Crippen LogP contribution in [0.2, 0.25) is 10.0 Å². The van der Waals surface area contributed by atoms with Gasteiger partial charge in [0.25, 0.3) is 0 Å². The van der Waals surface area contributed by atoms with Crippen LogP contribution in [0.4, 0.5) is 0 Å². The third kappa shape index (κ3) is 3.31. The summed E-state index contributed by atoms with van der Waals surface area (Å²) in [5.41, 5.74) is 3.39. The molecule has 0 aliphatic carbocycles. The van der Waals surface area contributed by atoms with Gasteiger partial charge in [0, 0.05) is 16.4 Å². The molecule has 0 unspecified atom stereocenters. The zero-order valence-electron chi connectivity index (χ0n) is 14.1. The van der Waals surface area contributed by atoms with Crippen molar-refractivity contribution in [2.45, 2.75) is 52.4 Å². The van der Waals surface area contributed by atoms with E-state index in [0.29, 0.717) is 10.0 Å². The summed E-state index contributed by atoms with van der Waals surface area (Å²) in [5, 5.41) is 1.30. The van der Waals surface area contributed by atoms with E-state index in [0.717, 1.165) is 22.5 Å². The Kier molecular flexibility index (Phi) is 4.61. The second-order valence-corrected chi connectivity index (χ2v) is 8.43. The van der Waals surface area contributed by atoms with Gasteiger partial charge in [-0.1, -0.05) is 95.1 Å². The average molecular weight is 336 g/mol. The first-order valence-electron chi connectivity index (χ1n) is 7.49. The molecule has 0 amide bonds. The van der Waals surface area contributed by atoms with Crippen molar-refractivity contribution in [3.05, 3.63) is 51.8 Å². The zero-order valence-corrected chi connectivity index (χ0v) is 15.6. The lowest BCUT2D eigenvalue weighted by Gasteiger charge is -2.28. The van der Waals surface area contributed by atoms with Gasteiger partial charge in [-0.05, 0) is 5.56 Å². The van der Waals surface area contributed by atoms with Crippen LogP contribution in [0.1, 0.15) is 52.9 Å². The number of nitrogens with zero attached hydrogens (tertiary/aromatic N) is 1. The summed E-state index contributed by atoms with van der Waals surface area (Å²) in [6, 6.07) is 10.0. The maximum Gasteiger partial charge on any atom is 0.0720 e. The van der Waals surface area contributed by atoms with Gasteiger partial charge in [0.05, 0.1) is 21.4 Å². The van der Waals surface area contributed by atoms with Crippen molar-refractivity contribution in [3.63, 3.8) is 0 Å². The Morgan fingerprint density at radius 2 is 1.14 bits per heavy atom. The number of halogens is 2. The van der Waals surface area contributed by atoms with Gasteiger partial charge in [0.2, 0.25) is 0 Å². The van der Waals surface area contributed by atoms with Crippen LogP contribution in [0.5, 0.6) is 0 Å². The van der Waals surface area contributed by atoms with Crippen LogP contribution in [0, 0.1) is 0 Å². The fraction of sp³-hybridized carbons (Fsp3) is 0.421. The highest BCUT2D eigenvalue weighted by atomic mass is 35.5. The zero-order chi connectivity index (χ0) is 16.7. The monoisotopic (exact) mass is 335 g/mol. The average Bonchev–Trinajstić information content (AvgIpc) is 2.37. The Balaban J connectivity index is 2.88. The Bertz CT molecular complexity index is 639. The maximum absolute atomic E-state index is 6.71. The molecule has 3 heteroatoms. The van der Waals surface area contributed by atoms with E-state index in [1.54, 1.807) is 0 Å². The van der Waals surface area contributed by atoms with Gasteiger partial charge in [-0.15, -0.1) is 0 Å². The molecule has 2 rings (SSSR count). The molecule has 118 valence electrons. The van der Waals surface area contributed by atoms with Crippen molar-refractivity contribution < 1.29 is 0 Å². The molecule has 1 aromatic carbocycles. The quantitative estimate of drug-likeness (QED) is 0.568. The highest BCUT2D eigenvalue weighted by Crippen LogP contribution is 2.44. The smallest absolute Gasteiger partial charge is 0.0720 e. The van der Waals surface area contributed by atoms with Crippen LogP contribution < -0.4 is 0 Å². The van der Waals surface area contributed by atoms with Crippen LogP contribution >= 0.6 is 23.2 Å².